The smallest absolute Gasteiger partial charge is 0.328 e. The van der Waals surface area contributed by atoms with Crippen LogP contribution in [-0.2, 0) is 26.9 Å². The lowest BCUT2D eigenvalue weighted by Gasteiger charge is -2.23. The summed E-state index contributed by atoms with van der Waals surface area (Å²) in [6.45, 7) is 0. The Kier molecular flexibility index (Phi) is 5.76. The number of fused-ring (bicyclic) bond motifs is 2. The molecule has 1 N–H and O–H groups in total. The number of hydrogen-bond donors (Lipinski definition) is 1. The summed E-state index contributed by atoms with van der Waals surface area (Å²) in [5.41, 5.74) is 4.66. The highest BCUT2D eigenvalue weighted by atomic mass is 32.1. The fourth-order valence-corrected chi connectivity index (χ4v) is 6.35. The lowest BCUT2D eigenvalue weighted by Crippen LogP contribution is -2.36. The fourth-order valence-electron chi connectivity index (χ4n) is 5.12. The number of rotatable bonds is 4. The van der Waals surface area contributed by atoms with Crippen LogP contribution in [0.25, 0.3) is 11.0 Å². The van der Waals surface area contributed by atoms with Gasteiger partial charge in [-0.3, -0.25) is 13.9 Å². The van der Waals surface area contributed by atoms with Crippen molar-refractivity contribution in [1.29, 1.82) is 0 Å². The standard InChI is InChI=1S/C25H30N4O2S/c1-28-19-13-12-16(14-20(19)29(2)25(28)31)15-26-24-22(18-10-6-7-11-21(18)32-24)23(30)27-17-8-4-3-5-9-17/h12-15,17H,3-11H2,1-2H3,(H,27,30)/b26-15-. The van der Waals surface area contributed by atoms with Crippen molar-refractivity contribution in [3.05, 3.63) is 50.3 Å². The number of amides is 1. The SMILES string of the molecule is Cn1c(=O)n(C)c2cc(/C=N\c3sc4c(c3C(=O)NC3CCCCC3)CCCC4)ccc21. The molecular weight excluding hydrogens is 420 g/mol. The van der Waals surface area contributed by atoms with E-state index in [1.807, 2.05) is 24.4 Å². The van der Waals surface area contributed by atoms with Gasteiger partial charge in [-0.1, -0.05) is 25.3 Å². The van der Waals surface area contributed by atoms with E-state index in [1.54, 1.807) is 34.6 Å². The molecule has 168 valence electrons. The first-order chi connectivity index (χ1) is 15.5. The van der Waals surface area contributed by atoms with E-state index in [4.69, 9.17) is 4.99 Å². The molecule has 1 amide bonds. The molecule has 1 saturated carbocycles. The Bertz CT molecular complexity index is 1260. The molecule has 0 spiro atoms. The van der Waals surface area contributed by atoms with Gasteiger partial charge in [0.15, 0.2) is 0 Å². The maximum atomic E-state index is 13.3. The van der Waals surface area contributed by atoms with Crippen LogP contribution >= 0.6 is 11.3 Å². The van der Waals surface area contributed by atoms with Crippen LogP contribution in [-0.4, -0.2) is 27.3 Å². The molecule has 2 aliphatic rings. The van der Waals surface area contributed by atoms with Crippen LogP contribution in [0, 0.1) is 0 Å². The number of aliphatic imine (C=N–C) groups is 1. The van der Waals surface area contributed by atoms with Crippen molar-refractivity contribution in [1.82, 2.24) is 14.5 Å². The monoisotopic (exact) mass is 450 g/mol. The molecule has 0 atom stereocenters. The highest BCUT2D eigenvalue weighted by Gasteiger charge is 2.27. The van der Waals surface area contributed by atoms with Crippen molar-refractivity contribution in [3.8, 4) is 0 Å². The Morgan fingerprint density at radius 2 is 1.81 bits per heavy atom. The van der Waals surface area contributed by atoms with E-state index in [0.717, 1.165) is 59.3 Å². The minimum Gasteiger partial charge on any atom is -0.349 e. The zero-order chi connectivity index (χ0) is 22.2. The summed E-state index contributed by atoms with van der Waals surface area (Å²) in [5.74, 6) is 0.0457. The highest BCUT2D eigenvalue weighted by molar-refractivity contribution is 7.16. The maximum absolute atomic E-state index is 13.3. The molecule has 2 heterocycles. The number of benzene rings is 1. The number of aryl methyl sites for hydroxylation is 3. The summed E-state index contributed by atoms with van der Waals surface area (Å²) in [7, 11) is 3.57. The quantitative estimate of drug-likeness (QED) is 0.589. The molecule has 0 unspecified atom stereocenters. The van der Waals surface area contributed by atoms with Crippen molar-refractivity contribution in [2.24, 2.45) is 19.1 Å². The summed E-state index contributed by atoms with van der Waals surface area (Å²) in [6.07, 6.45) is 12.0. The number of aromatic nitrogens is 2. The van der Waals surface area contributed by atoms with Crippen molar-refractivity contribution in [3.63, 3.8) is 0 Å². The molecule has 32 heavy (non-hydrogen) atoms. The van der Waals surface area contributed by atoms with Crippen LogP contribution in [0.1, 0.15) is 71.3 Å². The summed E-state index contributed by atoms with van der Waals surface area (Å²) >= 11 is 1.67. The van der Waals surface area contributed by atoms with Crippen LogP contribution < -0.4 is 11.0 Å². The predicted octanol–water partition coefficient (Wildman–Crippen LogP) is 4.63. The van der Waals surface area contributed by atoms with E-state index in [2.05, 4.69) is 5.32 Å². The number of hydrogen-bond acceptors (Lipinski definition) is 4. The average molecular weight is 451 g/mol. The first kappa shape index (κ1) is 21.2. The fraction of sp³-hybridized carbons (Fsp3) is 0.480. The Labute approximate surface area is 192 Å². The Hall–Kier alpha value is -2.67. The third kappa shape index (κ3) is 3.83. The second kappa shape index (κ2) is 8.70. The van der Waals surface area contributed by atoms with E-state index in [-0.39, 0.29) is 17.6 Å². The van der Waals surface area contributed by atoms with Gasteiger partial charge >= 0.3 is 5.69 Å². The summed E-state index contributed by atoms with van der Waals surface area (Å²) in [5, 5.41) is 4.12. The number of thiophene rings is 1. The molecule has 2 aliphatic carbocycles. The van der Waals surface area contributed by atoms with Gasteiger partial charge in [0.25, 0.3) is 5.91 Å². The van der Waals surface area contributed by atoms with Crippen molar-refractivity contribution in [2.45, 2.75) is 63.8 Å². The number of imidazole rings is 1. The van der Waals surface area contributed by atoms with Gasteiger partial charge in [-0.25, -0.2) is 9.79 Å². The zero-order valence-electron chi connectivity index (χ0n) is 18.8. The van der Waals surface area contributed by atoms with Crippen LogP contribution in [0.2, 0.25) is 0 Å². The van der Waals surface area contributed by atoms with Gasteiger partial charge in [-0.05, 0) is 61.8 Å². The van der Waals surface area contributed by atoms with Gasteiger partial charge in [-0.15, -0.1) is 11.3 Å². The second-order valence-electron chi connectivity index (χ2n) is 9.11. The van der Waals surface area contributed by atoms with E-state index in [9.17, 15) is 9.59 Å². The highest BCUT2D eigenvalue weighted by Crippen LogP contribution is 2.40. The first-order valence-corrected chi connectivity index (χ1v) is 12.5. The molecule has 1 aromatic carbocycles. The molecule has 2 aromatic heterocycles. The lowest BCUT2D eigenvalue weighted by molar-refractivity contribution is 0.0927. The van der Waals surface area contributed by atoms with Gasteiger partial charge in [0.2, 0.25) is 0 Å². The second-order valence-corrected chi connectivity index (χ2v) is 10.2. The molecule has 0 aliphatic heterocycles. The summed E-state index contributed by atoms with van der Waals surface area (Å²) < 4.78 is 3.30. The Morgan fingerprint density at radius 3 is 2.62 bits per heavy atom. The van der Waals surface area contributed by atoms with Crippen LogP contribution in [0.15, 0.2) is 28.0 Å². The van der Waals surface area contributed by atoms with Gasteiger partial charge in [0.1, 0.15) is 5.00 Å². The van der Waals surface area contributed by atoms with E-state index < -0.39 is 0 Å². The summed E-state index contributed by atoms with van der Waals surface area (Å²) in [4.78, 5) is 31.7. The van der Waals surface area contributed by atoms with E-state index in [1.165, 1.54) is 36.1 Å². The summed E-state index contributed by atoms with van der Waals surface area (Å²) in [6, 6.07) is 6.19. The van der Waals surface area contributed by atoms with E-state index in [0.29, 0.717) is 0 Å². The maximum Gasteiger partial charge on any atom is 0.328 e. The Balaban J connectivity index is 1.48. The molecule has 0 bridgehead atoms. The minimum absolute atomic E-state index is 0.0401. The average Bonchev–Trinajstić information content (AvgIpc) is 3.29. The molecule has 0 radical (unpaired) electrons. The predicted molar refractivity (Wildman–Crippen MR) is 131 cm³/mol. The molecular formula is C25H30N4O2S. The number of carbonyl (C=O) groups excluding carboxylic acids is 1. The zero-order valence-corrected chi connectivity index (χ0v) is 19.6. The van der Waals surface area contributed by atoms with Crippen LogP contribution in [0.4, 0.5) is 5.00 Å². The largest absolute Gasteiger partial charge is 0.349 e. The number of nitrogens with zero attached hydrogens (tertiary/aromatic N) is 3. The van der Waals surface area contributed by atoms with Crippen LogP contribution in [0.5, 0.6) is 0 Å². The van der Waals surface area contributed by atoms with Gasteiger partial charge in [0.05, 0.1) is 16.6 Å². The van der Waals surface area contributed by atoms with Crippen molar-refractivity contribution >= 4 is 39.5 Å². The first-order valence-electron chi connectivity index (χ1n) is 11.7. The van der Waals surface area contributed by atoms with Gasteiger partial charge < -0.3 is 5.32 Å². The van der Waals surface area contributed by atoms with Gasteiger partial charge in [-0.2, -0.15) is 0 Å². The topological polar surface area (TPSA) is 68.4 Å². The molecule has 7 heteroatoms. The van der Waals surface area contributed by atoms with Crippen molar-refractivity contribution < 1.29 is 4.79 Å². The third-order valence-electron chi connectivity index (χ3n) is 6.95. The molecule has 0 saturated heterocycles. The third-order valence-corrected chi connectivity index (χ3v) is 8.15. The molecule has 5 rings (SSSR count). The minimum atomic E-state index is -0.0401. The Morgan fingerprint density at radius 1 is 1.06 bits per heavy atom. The van der Waals surface area contributed by atoms with Crippen molar-refractivity contribution in [2.75, 3.05) is 0 Å². The number of carbonyl (C=O) groups is 1. The van der Waals surface area contributed by atoms with Gasteiger partial charge in [0, 0.05) is 31.2 Å². The van der Waals surface area contributed by atoms with E-state index >= 15 is 0 Å². The lowest BCUT2D eigenvalue weighted by atomic mass is 9.93. The normalized spacial score (nSPS) is 17.2. The molecule has 1 fully saturated rings. The molecule has 6 nitrogen and oxygen atoms in total. The van der Waals surface area contributed by atoms with Crippen LogP contribution in [0.3, 0.4) is 0 Å². The molecule has 3 aromatic rings. The number of nitrogens with one attached hydrogen (secondary N) is 1.